The lowest BCUT2D eigenvalue weighted by atomic mass is 10.00. The fraction of sp³-hybridized carbons (Fsp3) is 0. The summed E-state index contributed by atoms with van der Waals surface area (Å²) in [6, 6.07) is 14.9. The van der Waals surface area contributed by atoms with Crippen LogP contribution < -0.4 is 5.32 Å². The highest BCUT2D eigenvalue weighted by Gasteiger charge is 2.31. The molecule has 0 spiro atoms. The van der Waals surface area contributed by atoms with Crippen molar-refractivity contribution in [3.63, 3.8) is 0 Å². The minimum atomic E-state index is -0.848. The minimum Gasteiger partial charge on any atom is -0.318 e. The maximum Gasteiger partial charge on any atom is 0.365 e. The van der Waals surface area contributed by atoms with Gasteiger partial charge in [-0.3, -0.25) is 9.59 Å². The first-order valence-corrected chi connectivity index (χ1v) is 6.46. The normalized spacial score (nSPS) is 15.2. The number of para-hydroxylation sites is 1. The van der Waals surface area contributed by atoms with Crippen molar-refractivity contribution in [2.24, 2.45) is 5.16 Å². The molecule has 1 amide bonds. The fourth-order valence-electron chi connectivity index (χ4n) is 2.01. The minimum absolute atomic E-state index is 0.191. The van der Waals surface area contributed by atoms with Crippen LogP contribution >= 0.6 is 0 Å². The molecule has 6 nitrogen and oxygen atoms in total. The van der Waals surface area contributed by atoms with Crippen LogP contribution in [0.4, 0.5) is 5.69 Å². The van der Waals surface area contributed by atoms with E-state index in [1.54, 1.807) is 54.6 Å². The maximum atomic E-state index is 11.9. The van der Waals surface area contributed by atoms with E-state index < -0.39 is 17.7 Å². The molecule has 0 unspecified atom stereocenters. The number of fused-ring (bicyclic) bond motifs is 1. The van der Waals surface area contributed by atoms with Crippen molar-refractivity contribution in [1.82, 2.24) is 0 Å². The van der Waals surface area contributed by atoms with Gasteiger partial charge in [0, 0.05) is 5.56 Å². The Morgan fingerprint density at radius 2 is 1.64 bits per heavy atom. The SMILES string of the molecule is O=C1Nc2ccccc2C(=NOC(=O)c2ccccc2)C1=O. The van der Waals surface area contributed by atoms with Gasteiger partial charge in [0.25, 0.3) is 11.7 Å². The van der Waals surface area contributed by atoms with Crippen LogP contribution in [0.15, 0.2) is 59.8 Å². The van der Waals surface area contributed by atoms with Gasteiger partial charge >= 0.3 is 5.97 Å². The molecule has 0 aliphatic carbocycles. The molecule has 0 saturated carbocycles. The molecule has 6 heteroatoms. The first-order chi connectivity index (χ1) is 10.7. The lowest BCUT2D eigenvalue weighted by Crippen LogP contribution is -2.36. The zero-order valence-electron chi connectivity index (χ0n) is 11.3. The predicted molar refractivity (Wildman–Crippen MR) is 78.5 cm³/mol. The molecule has 0 fully saturated rings. The zero-order valence-corrected chi connectivity index (χ0v) is 11.3. The predicted octanol–water partition coefficient (Wildman–Crippen LogP) is 1.77. The standard InChI is InChI=1S/C16H10N2O4/c19-14-13(11-8-4-5-9-12(11)17-15(14)20)18-22-16(21)10-6-2-1-3-7-10/h1-9H,(H,17,20). The summed E-state index contributed by atoms with van der Waals surface area (Å²) in [4.78, 5) is 40.1. The lowest BCUT2D eigenvalue weighted by molar-refractivity contribution is -0.131. The van der Waals surface area contributed by atoms with Crippen LogP contribution in [0.2, 0.25) is 0 Å². The van der Waals surface area contributed by atoms with Crippen LogP contribution in [0.3, 0.4) is 0 Å². The molecule has 0 bridgehead atoms. The molecule has 0 radical (unpaired) electrons. The molecule has 0 atom stereocenters. The summed E-state index contributed by atoms with van der Waals surface area (Å²) < 4.78 is 0. The summed E-state index contributed by atoms with van der Waals surface area (Å²) in [7, 11) is 0. The van der Waals surface area contributed by atoms with Gasteiger partial charge in [0.15, 0.2) is 5.71 Å². The Morgan fingerprint density at radius 3 is 2.41 bits per heavy atom. The molecule has 3 rings (SSSR count). The van der Waals surface area contributed by atoms with E-state index in [2.05, 4.69) is 10.5 Å². The molecule has 22 heavy (non-hydrogen) atoms. The Balaban J connectivity index is 1.91. The van der Waals surface area contributed by atoms with Crippen LogP contribution in [0.5, 0.6) is 0 Å². The van der Waals surface area contributed by atoms with Crippen molar-refractivity contribution >= 4 is 29.1 Å². The smallest absolute Gasteiger partial charge is 0.318 e. The second kappa shape index (κ2) is 5.61. The monoisotopic (exact) mass is 294 g/mol. The van der Waals surface area contributed by atoms with Gasteiger partial charge < -0.3 is 10.2 Å². The van der Waals surface area contributed by atoms with E-state index in [4.69, 9.17) is 4.84 Å². The highest BCUT2D eigenvalue weighted by Crippen LogP contribution is 2.21. The average molecular weight is 294 g/mol. The van der Waals surface area contributed by atoms with Crippen molar-refractivity contribution in [1.29, 1.82) is 0 Å². The van der Waals surface area contributed by atoms with Gasteiger partial charge in [0.2, 0.25) is 0 Å². The number of hydrogen-bond acceptors (Lipinski definition) is 5. The number of amides is 1. The quantitative estimate of drug-likeness (QED) is 0.519. The van der Waals surface area contributed by atoms with E-state index >= 15 is 0 Å². The average Bonchev–Trinajstić information content (AvgIpc) is 2.56. The van der Waals surface area contributed by atoms with E-state index in [-0.39, 0.29) is 5.71 Å². The number of rotatable bonds is 2. The van der Waals surface area contributed by atoms with Gasteiger partial charge in [-0.2, -0.15) is 0 Å². The van der Waals surface area contributed by atoms with Gasteiger partial charge in [-0.15, -0.1) is 0 Å². The topological polar surface area (TPSA) is 84.8 Å². The largest absolute Gasteiger partial charge is 0.365 e. The third-order valence-electron chi connectivity index (χ3n) is 3.08. The van der Waals surface area contributed by atoms with Gasteiger partial charge in [-0.25, -0.2) is 4.79 Å². The Bertz CT molecular complexity index is 797. The van der Waals surface area contributed by atoms with Gasteiger partial charge in [-0.05, 0) is 18.2 Å². The van der Waals surface area contributed by atoms with E-state index in [1.807, 2.05) is 0 Å². The lowest BCUT2D eigenvalue weighted by Gasteiger charge is -2.16. The zero-order chi connectivity index (χ0) is 15.5. The Labute approximate surface area is 125 Å². The number of oxime groups is 1. The second-order valence-corrected chi connectivity index (χ2v) is 4.51. The van der Waals surface area contributed by atoms with Crippen LogP contribution in [0, 0.1) is 0 Å². The van der Waals surface area contributed by atoms with E-state index in [1.165, 1.54) is 0 Å². The molecule has 108 valence electrons. The molecule has 0 aromatic heterocycles. The molecular formula is C16H10N2O4. The number of Topliss-reactive ketones (excluding diaryl/α,β-unsaturated/α-hetero) is 1. The van der Waals surface area contributed by atoms with Crippen molar-refractivity contribution in [2.75, 3.05) is 5.32 Å². The summed E-state index contributed by atoms with van der Waals surface area (Å²) in [5.74, 6) is -2.36. The number of hydrogen-bond donors (Lipinski definition) is 1. The molecule has 1 aliphatic heterocycles. The third-order valence-corrected chi connectivity index (χ3v) is 3.08. The second-order valence-electron chi connectivity index (χ2n) is 4.51. The van der Waals surface area contributed by atoms with Crippen molar-refractivity contribution in [3.05, 3.63) is 65.7 Å². The van der Waals surface area contributed by atoms with Gasteiger partial charge in [0.1, 0.15) is 0 Å². The molecule has 1 heterocycles. The number of nitrogens with zero attached hydrogens (tertiary/aromatic N) is 1. The van der Waals surface area contributed by atoms with E-state index in [0.29, 0.717) is 16.8 Å². The number of carbonyl (C=O) groups excluding carboxylic acids is 3. The Morgan fingerprint density at radius 1 is 0.955 bits per heavy atom. The Kier molecular flexibility index (Phi) is 3.49. The van der Waals surface area contributed by atoms with Crippen LogP contribution in [-0.2, 0) is 14.4 Å². The van der Waals surface area contributed by atoms with Crippen LogP contribution in [0.1, 0.15) is 15.9 Å². The highest BCUT2D eigenvalue weighted by molar-refractivity contribution is 6.72. The summed E-state index contributed by atoms with van der Waals surface area (Å²) in [5, 5.41) is 6.04. The first-order valence-electron chi connectivity index (χ1n) is 6.46. The summed E-state index contributed by atoms with van der Waals surface area (Å²) in [5.41, 5.74) is 0.964. The summed E-state index contributed by atoms with van der Waals surface area (Å²) in [6.45, 7) is 0. The molecule has 2 aromatic carbocycles. The van der Waals surface area contributed by atoms with Crippen molar-refractivity contribution in [2.45, 2.75) is 0 Å². The number of ketones is 1. The van der Waals surface area contributed by atoms with Crippen molar-refractivity contribution < 1.29 is 19.2 Å². The van der Waals surface area contributed by atoms with Crippen LogP contribution in [-0.4, -0.2) is 23.4 Å². The molecule has 2 aromatic rings. The third kappa shape index (κ3) is 2.49. The number of benzene rings is 2. The van der Waals surface area contributed by atoms with Gasteiger partial charge in [-0.1, -0.05) is 41.6 Å². The number of carbonyl (C=O) groups is 3. The number of anilines is 1. The fourth-order valence-corrected chi connectivity index (χ4v) is 2.01. The molecule has 1 N–H and O–H groups in total. The van der Waals surface area contributed by atoms with Crippen molar-refractivity contribution in [3.8, 4) is 0 Å². The first kappa shape index (κ1) is 13.7. The maximum absolute atomic E-state index is 11.9. The molecule has 0 saturated heterocycles. The molecular weight excluding hydrogens is 284 g/mol. The summed E-state index contributed by atoms with van der Waals surface area (Å²) >= 11 is 0. The molecule has 1 aliphatic rings. The summed E-state index contributed by atoms with van der Waals surface area (Å²) in [6.07, 6.45) is 0. The van der Waals surface area contributed by atoms with E-state index in [9.17, 15) is 14.4 Å². The van der Waals surface area contributed by atoms with Crippen LogP contribution in [0.25, 0.3) is 0 Å². The van der Waals surface area contributed by atoms with E-state index in [0.717, 1.165) is 0 Å². The number of nitrogens with one attached hydrogen (secondary N) is 1. The van der Waals surface area contributed by atoms with Gasteiger partial charge in [0.05, 0.1) is 11.3 Å². The Hall–Kier alpha value is -3.28. The highest BCUT2D eigenvalue weighted by atomic mass is 16.7.